The van der Waals surface area contributed by atoms with Crippen LogP contribution in [0.15, 0.2) is 11.6 Å². The van der Waals surface area contributed by atoms with Crippen LogP contribution >= 0.6 is 0 Å². The van der Waals surface area contributed by atoms with E-state index in [0.717, 1.165) is 58.5 Å². The van der Waals surface area contributed by atoms with Gasteiger partial charge in [-0.15, -0.1) is 0 Å². The Kier molecular flexibility index (Phi) is 13.1. The molecule has 5 aliphatic heterocycles. The van der Waals surface area contributed by atoms with E-state index in [2.05, 4.69) is 33.8 Å². The summed E-state index contributed by atoms with van der Waals surface area (Å²) in [5.74, 6) is 1.79. The fourth-order valence-corrected chi connectivity index (χ4v) is 14.1. The number of carbonyl (C=O) groups is 1. The lowest BCUT2D eigenvalue weighted by molar-refractivity contribution is -0.386. The average Bonchev–Trinajstić information content (AvgIpc) is 3.70. The van der Waals surface area contributed by atoms with Gasteiger partial charge >= 0.3 is 5.97 Å². The molecule has 4 aliphatic carbocycles. The largest absolute Gasteiger partial charge is 0.454 e. The quantitative estimate of drug-likeness (QED) is 0.135. The number of fused-ring (bicyclic) bond motifs is 7. The maximum Gasteiger partial charge on any atom is 0.303 e. The lowest BCUT2D eigenvalue weighted by Crippen LogP contribution is -2.66. The fourth-order valence-electron chi connectivity index (χ4n) is 14.1. The molecule has 3 saturated carbocycles. The van der Waals surface area contributed by atoms with Gasteiger partial charge in [-0.3, -0.25) is 4.79 Å². The first-order valence-electron chi connectivity index (χ1n) is 23.7. The molecule has 25 unspecified atom stereocenters. The van der Waals surface area contributed by atoms with Crippen LogP contribution in [0.4, 0.5) is 0 Å². The van der Waals surface area contributed by atoms with Gasteiger partial charge in [0.1, 0.15) is 54.9 Å². The normalized spacial score (nSPS) is 55.6. The minimum absolute atomic E-state index is 0.0349. The van der Waals surface area contributed by atoms with E-state index < -0.39 is 104 Å². The van der Waals surface area contributed by atoms with Gasteiger partial charge in [-0.2, -0.15) is 0 Å². The zero-order valence-corrected chi connectivity index (χ0v) is 37.5. The number of rotatable bonds is 8. The second-order valence-electron chi connectivity index (χ2n) is 21.2. The van der Waals surface area contributed by atoms with Crippen LogP contribution in [0, 0.1) is 46.3 Å². The third-order valence-electron chi connectivity index (χ3n) is 17.6. The highest BCUT2D eigenvalue weighted by atomic mass is 16.8. The van der Waals surface area contributed by atoms with Gasteiger partial charge in [-0.1, -0.05) is 39.3 Å². The maximum absolute atomic E-state index is 12.2. The van der Waals surface area contributed by atoms with Gasteiger partial charge in [-0.05, 0) is 98.7 Å². The monoisotopic (exact) mass is 896 g/mol. The zero-order valence-electron chi connectivity index (χ0n) is 37.5. The highest BCUT2D eigenvalue weighted by Crippen LogP contribution is 2.70. The Morgan fingerprint density at radius 3 is 2.25 bits per heavy atom. The van der Waals surface area contributed by atoms with Crippen LogP contribution in [0.3, 0.4) is 0 Å². The number of hydrogen-bond acceptors (Lipinski definition) is 17. The molecule has 7 N–H and O–H groups in total. The molecule has 0 radical (unpaired) electrons. The van der Waals surface area contributed by atoms with Crippen LogP contribution in [-0.4, -0.2) is 166 Å². The Balaban J connectivity index is 0.930. The molecule has 0 amide bonds. The van der Waals surface area contributed by atoms with E-state index in [4.69, 9.17) is 42.6 Å². The molecule has 0 bridgehead atoms. The third kappa shape index (κ3) is 7.97. The summed E-state index contributed by atoms with van der Waals surface area (Å²) in [4.78, 5) is 12.2. The summed E-state index contributed by atoms with van der Waals surface area (Å²) in [7, 11) is 0. The molecule has 358 valence electrons. The highest BCUT2D eigenvalue weighted by Gasteiger charge is 2.69. The maximum atomic E-state index is 12.2. The molecule has 63 heavy (non-hydrogen) atoms. The SMILES string of the molecule is CC(=O)OC1C(OC2C(OC3CCC4(C)C(=CCC5C4CCC4(C)C5CC5OC6(CCC(C)CO6)C(C)C54)C3)OC(CO)C(OC3OCC(O)C(O)C3O)C2O)OC(C)C(O)C1O. The number of aliphatic hydroxyl groups is 7. The predicted molar refractivity (Wildman–Crippen MR) is 218 cm³/mol. The minimum Gasteiger partial charge on any atom is -0.454 e. The summed E-state index contributed by atoms with van der Waals surface area (Å²) >= 11 is 0. The van der Waals surface area contributed by atoms with Crippen molar-refractivity contribution < 1.29 is 83.2 Å². The molecule has 5 saturated heterocycles. The lowest BCUT2D eigenvalue weighted by Gasteiger charge is -2.58. The molecule has 17 nitrogen and oxygen atoms in total. The number of esters is 1. The van der Waals surface area contributed by atoms with Crippen molar-refractivity contribution in [3.8, 4) is 0 Å². The van der Waals surface area contributed by atoms with Crippen LogP contribution in [0.1, 0.15) is 99.3 Å². The van der Waals surface area contributed by atoms with Crippen molar-refractivity contribution in [3.63, 3.8) is 0 Å². The molecular weight excluding hydrogens is 824 g/mol. The van der Waals surface area contributed by atoms with Crippen LogP contribution in [0.25, 0.3) is 0 Å². The summed E-state index contributed by atoms with van der Waals surface area (Å²) in [6, 6.07) is 0. The van der Waals surface area contributed by atoms with Gasteiger partial charge in [0.05, 0.1) is 38.1 Å². The van der Waals surface area contributed by atoms with Gasteiger partial charge in [0.15, 0.2) is 30.8 Å². The van der Waals surface area contributed by atoms with E-state index in [1.807, 2.05) is 0 Å². The summed E-state index contributed by atoms with van der Waals surface area (Å²) in [6.45, 7) is 12.0. The molecule has 1 spiro atoms. The van der Waals surface area contributed by atoms with Gasteiger partial charge in [-0.25, -0.2) is 0 Å². The Labute approximate surface area is 369 Å². The van der Waals surface area contributed by atoms with E-state index in [0.29, 0.717) is 48.3 Å². The predicted octanol–water partition coefficient (Wildman–Crippen LogP) is 1.42. The third-order valence-corrected chi connectivity index (χ3v) is 17.6. The van der Waals surface area contributed by atoms with Crippen molar-refractivity contribution in [1.82, 2.24) is 0 Å². The molecule has 9 aliphatic rings. The van der Waals surface area contributed by atoms with E-state index in [1.54, 1.807) is 0 Å². The second kappa shape index (κ2) is 17.6. The second-order valence-corrected chi connectivity index (χ2v) is 21.2. The first-order valence-corrected chi connectivity index (χ1v) is 23.7. The van der Waals surface area contributed by atoms with E-state index in [1.165, 1.54) is 12.5 Å². The summed E-state index contributed by atoms with van der Waals surface area (Å²) in [6.07, 6.45) is -9.54. The Morgan fingerprint density at radius 2 is 1.54 bits per heavy atom. The van der Waals surface area contributed by atoms with Crippen molar-refractivity contribution in [2.24, 2.45) is 46.3 Å². The molecule has 9 rings (SSSR count). The molecule has 0 aromatic carbocycles. The zero-order chi connectivity index (χ0) is 44.9. The summed E-state index contributed by atoms with van der Waals surface area (Å²) in [5.41, 5.74) is 1.49. The van der Waals surface area contributed by atoms with Crippen molar-refractivity contribution in [2.45, 2.75) is 203 Å². The van der Waals surface area contributed by atoms with Crippen molar-refractivity contribution in [2.75, 3.05) is 19.8 Å². The Bertz CT molecular complexity index is 1670. The van der Waals surface area contributed by atoms with Gasteiger partial charge in [0, 0.05) is 19.3 Å². The van der Waals surface area contributed by atoms with Crippen LogP contribution in [0.5, 0.6) is 0 Å². The molecule has 8 fully saturated rings. The van der Waals surface area contributed by atoms with Crippen molar-refractivity contribution in [3.05, 3.63) is 11.6 Å². The first-order chi connectivity index (χ1) is 29.9. The average molecular weight is 897 g/mol. The smallest absolute Gasteiger partial charge is 0.303 e. The molecule has 25 atom stereocenters. The van der Waals surface area contributed by atoms with Gasteiger partial charge in [0.25, 0.3) is 0 Å². The standard InChI is InChI=1S/C46H72O17/c1-20-9-14-46(56-18-20)21(2)32-30(63-46)16-28-26-8-7-24-15-25(10-12-44(24,5)27(26)11-13-45(28,32)6)59-43-40(62-42-39(58-23(4)48)35(52)33(50)22(3)57-42)37(54)38(31(17-47)60-43)61-41-36(53)34(51)29(49)19-55-41/h7,20-22,25-43,47,49-54H,8-19H2,1-6H3. The Hall–Kier alpha value is -1.39. The highest BCUT2D eigenvalue weighted by molar-refractivity contribution is 5.66. The lowest BCUT2D eigenvalue weighted by atomic mass is 9.47. The number of ether oxygens (including phenoxy) is 9. The van der Waals surface area contributed by atoms with E-state index in [-0.39, 0.29) is 29.6 Å². The topological polar surface area (TPSA) is 242 Å². The van der Waals surface area contributed by atoms with Crippen molar-refractivity contribution >= 4 is 5.97 Å². The number of aliphatic hydroxyl groups excluding tert-OH is 7. The van der Waals surface area contributed by atoms with Gasteiger partial charge in [0.2, 0.25) is 0 Å². The van der Waals surface area contributed by atoms with Crippen LogP contribution in [-0.2, 0) is 47.4 Å². The molecule has 17 heteroatoms. The van der Waals surface area contributed by atoms with Gasteiger partial charge < -0.3 is 78.4 Å². The van der Waals surface area contributed by atoms with E-state index >= 15 is 0 Å². The first kappa shape index (κ1) is 46.7. The number of carbonyl (C=O) groups excluding carboxylic acids is 1. The van der Waals surface area contributed by atoms with Crippen molar-refractivity contribution in [1.29, 1.82) is 0 Å². The Morgan fingerprint density at radius 1 is 0.794 bits per heavy atom. The molecule has 5 heterocycles. The number of hydrogen-bond donors (Lipinski definition) is 7. The molecule has 0 aromatic heterocycles. The number of allylic oxidation sites excluding steroid dienone is 1. The fraction of sp³-hybridized carbons (Fsp3) is 0.935. The van der Waals surface area contributed by atoms with Crippen LogP contribution in [0.2, 0.25) is 0 Å². The summed E-state index contributed by atoms with van der Waals surface area (Å²) < 4.78 is 55.7. The van der Waals surface area contributed by atoms with E-state index in [9.17, 15) is 40.5 Å². The van der Waals surface area contributed by atoms with Crippen LogP contribution < -0.4 is 0 Å². The molecule has 0 aromatic rings. The summed E-state index contributed by atoms with van der Waals surface area (Å²) in [5, 5.41) is 75.3. The molecular formula is C46H72O17. The minimum atomic E-state index is -1.71.